The molecule has 0 saturated carbocycles. The first-order valence-corrected chi connectivity index (χ1v) is 10.4. The van der Waals surface area contributed by atoms with Crippen molar-refractivity contribution in [2.75, 3.05) is 77.5 Å². The Hall–Kier alpha value is -1.63. The second-order valence-corrected chi connectivity index (χ2v) is 8.01. The van der Waals surface area contributed by atoms with E-state index in [1.807, 2.05) is 17.0 Å². The third-order valence-electron chi connectivity index (χ3n) is 6.28. The van der Waals surface area contributed by atoms with Gasteiger partial charge in [-0.05, 0) is 51.2 Å². The summed E-state index contributed by atoms with van der Waals surface area (Å²) in [5.74, 6) is 0.174. The molecule has 6 heteroatoms. The van der Waals surface area contributed by atoms with Crippen molar-refractivity contribution >= 4 is 11.6 Å². The summed E-state index contributed by atoms with van der Waals surface area (Å²) in [6.45, 7) is 9.39. The predicted octanol–water partition coefficient (Wildman–Crippen LogP) is 1.38. The average Bonchev–Trinajstić information content (AvgIpc) is 2.75. The molecule has 0 radical (unpaired) electrons. The Morgan fingerprint density at radius 1 is 0.963 bits per heavy atom. The lowest BCUT2D eigenvalue weighted by Crippen LogP contribution is -2.54. The molecule has 6 nitrogen and oxygen atoms in total. The molecular weight excluding hydrogens is 340 g/mol. The van der Waals surface area contributed by atoms with Crippen LogP contribution in [0.3, 0.4) is 0 Å². The largest absolute Gasteiger partial charge is 0.378 e. The summed E-state index contributed by atoms with van der Waals surface area (Å²) >= 11 is 0. The topological polar surface area (TPSA) is 39.3 Å². The van der Waals surface area contributed by atoms with E-state index < -0.39 is 0 Å². The van der Waals surface area contributed by atoms with Crippen LogP contribution in [-0.4, -0.2) is 99.3 Å². The van der Waals surface area contributed by atoms with Gasteiger partial charge in [-0.3, -0.25) is 9.69 Å². The molecule has 1 amide bonds. The van der Waals surface area contributed by atoms with Gasteiger partial charge in [0.25, 0.3) is 5.91 Å². The molecule has 1 aromatic carbocycles. The Morgan fingerprint density at radius 3 is 2.37 bits per heavy atom. The minimum Gasteiger partial charge on any atom is -0.378 e. The lowest BCUT2D eigenvalue weighted by molar-refractivity contribution is 0.0475. The van der Waals surface area contributed by atoms with E-state index in [0.29, 0.717) is 6.04 Å². The highest BCUT2D eigenvalue weighted by Crippen LogP contribution is 2.21. The van der Waals surface area contributed by atoms with Crippen molar-refractivity contribution in [3.8, 4) is 0 Å². The number of piperidine rings is 1. The molecule has 148 valence electrons. The number of ether oxygens (including phenoxy) is 1. The van der Waals surface area contributed by atoms with Crippen LogP contribution >= 0.6 is 0 Å². The van der Waals surface area contributed by atoms with Crippen LogP contribution < -0.4 is 4.90 Å². The number of nitrogens with zero attached hydrogens (tertiary/aromatic N) is 4. The van der Waals surface area contributed by atoms with Crippen molar-refractivity contribution in [1.29, 1.82) is 0 Å². The second kappa shape index (κ2) is 8.59. The third-order valence-corrected chi connectivity index (χ3v) is 6.28. The van der Waals surface area contributed by atoms with Gasteiger partial charge < -0.3 is 19.4 Å². The molecule has 1 aromatic rings. The van der Waals surface area contributed by atoms with Crippen LogP contribution in [0.15, 0.2) is 24.3 Å². The minimum atomic E-state index is 0.174. The molecule has 0 aromatic heterocycles. The second-order valence-electron chi connectivity index (χ2n) is 8.01. The molecule has 3 aliphatic heterocycles. The number of carbonyl (C=O) groups is 1. The van der Waals surface area contributed by atoms with E-state index in [2.05, 4.69) is 33.9 Å². The molecule has 3 heterocycles. The molecular formula is C21H32N4O2. The van der Waals surface area contributed by atoms with Crippen molar-refractivity contribution in [3.05, 3.63) is 29.8 Å². The average molecular weight is 373 g/mol. The SMILES string of the molecule is CN1CCC(N2CCN(C(=O)c3cccc(N4CCOCC4)c3)CC2)CC1. The number of carbonyl (C=O) groups excluding carboxylic acids is 1. The zero-order valence-electron chi connectivity index (χ0n) is 16.5. The first kappa shape index (κ1) is 18.7. The van der Waals surface area contributed by atoms with Crippen LogP contribution in [0.25, 0.3) is 0 Å². The Labute approximate surface area is 162 Å². The van der Waals surface area contributed by atoms with E-state index in [0.717, 1.165) is 63.7 Å². The van der Waals surface area contributed by atoms with Crippen molar-refractivity contribution in [2.24, 2.45) is 0 Å². The number of morpholine rings is 1. The minimum absolute atomic E-state index is 0.174. The maximum atomic E-state index is 13.0. The molecule has 0 atom stereocenters. The van der Waals surface area contributed by atoms with Crippen molar-refractivity contribution in [2.45, 2.75) is 18.9 Å². The van der Waals surface area contributed by atoms with Crippen molar-refractivity contribution < 1.29 is 9.53 Å². The monoisotopic (exact) mass is 372 g/mol. The zero-order chi connectivity index (χ0) is 18.6. The molecule has 4 rings (SSSR count). The van der Waals surface area contributed by atoms with E-state index in [9.17, 15) is 4.79 Å². The highest BCUT2D eigenvalue weighted by Gasteiger charge is 2.28. The number of anilines is 1. The number of amides is 1. The molecule has 0 unspecified atom stereocenters. The van der Waals surface area contributed by atoms with Gasteiger partial charge in [-0.1, -0.05) is 6.07 Å². The Balaban J connectivity index is 1.34. The summed E-state index contributed by atoms with van der Waals surface area (Å²) in [4.78, 5) is 22.4. The summed E-state index contributed by atoms with van der Waals surface area (Å²) < 4.78 is 5.44. The zero-order valence-corrected chi connectivity index (χ0v) is 16.5. The van der Waals surface area contributed by atoms with Crippen LogP contribution in [0.1, 0.15) is 23.2 Å². The molecule has 27 heavy (non-hydrogen) atoms. The van der Waals surface area contributed by atoms with Gasteiger partial charge in [0.15, 0.2) is 0 Å². The standard InChI is InChI=1S/C21H32N4O2/c1-22-7-5-19(6-8-22)23-9-11-25(12-10-23)21(26)18-3-2-4-20(17-18)24-13-15-27-16-14-24/h2-4,17,19H,5-16H2,1H3. The van der Waals surface area contributed by atoms with E-state index in [1.165, 1.54) is 25.9 Å². The fourth-order valence-electron chi connectivity index (χ4n) is 4.49. The van der Waals surface area contributed by atoms with Crippen LogP contribution in [0.4, 0.5) is 5.69 Å². The third kappa shape index (κ3) is 4.45. The lowest BCUT2D eigenvalue weighted by Gasteiger charge is -2.42. The van der Waals surface area contributed by atoms with E-state index in [4.69, 9.17) is 4.74 Å². The normalized spacial score (nSPS) is 23.6. The summed E-state index contributed by atoms with van der Waals surface area (Å²) in [6.07, 6.45) is 2.51. The van der Waals surface area contributed by atoms with E-state index in [-0.39, 0.29) is 5.91 Å². The van der Waals surface area contributed by atoms with Gasteiger partial charge in [-0.15, -0.1) is 0 Å². The van der Waals surface area contributed by atoms with Gasteiger partial charge in [0.1, 0.15) is 0 Å². The highest BCUT2D eigenvalue weighted by atomic mass is 16.5. The molecule has 3 fully saturated rings. The molecule has 3 saturated heterocycles. The number of piperazine rings is 1. The molecule has 0 N–H and O–H groups in total. The van der Waals surface area contributed by atoms with Crippen LogP contribution in [0.2, 0.25) is 0 Å². The lowest BCUT2D eigenvalue weighted by atomic mass is 10.0. The first-order valence-electron chi connectivity index (χ1n) is 10.4. The first-order chi connectivity index (χ1) is 13.2. The van der Waals surface area contributed by atoms with E-state index >= 15 is 0 Å². The number of hydrogen-bond donors (Lipinski definition) is 0. The Bertz CT molecular complexity index is 631. The Morgan fingerprint density at radius 2 is 1.67 bits per heavy atom. The van der Waals surface area contributed by atoms with Gasteiger partial charge in [-0.25, -0.2) is 0 Å². The highest BCUT2D eigenvalue weighted by molar-refractivity contribution is 5.95. The number of likely N-dealkylation sites (tertiary alicyclic amines) is 1. The number of rotatable bonds is 3. The van der Waals surface area contributed by atoms with Crippen LogP contribution in [0, 0.1) is 0 Å². The Kier molecular flexibility index (Phi) is 5.95. The van der Waals surface area contributed by atoms with Crippen LogP contribution in [-0.2, 0) is 4.74 Å². The van der Waals surface area contributed by atoms with Gasteiger partial charge >= 0.3 is 0 Å². The quantitative estimate of drug-likeness (QED) is 0.802. The van der Waals surface area contributed by atoms with Gasteiger partial charge in [-0.2, -0.15) is 0 Å². The van der Waals surface area contributed by atoms with E-state index in [1.54, 1.807) is 0 Å². The van der Waals surface area contributed by atoms with Crippen molar-refractivity contribution in [3.63, 3.8) is 0 Å². The van der Waals surface area contributed by atoms with Gasteiger partial charge in [0.2, 0.25) is 0 Å². The molecule has 0 spiro atoms. The fraction of sp³-hybridized carbons (Fsp3) is 0.667. The van der Waals surface area contributed by atoms with Crippen LogP contribution in [0.5, 0.6) is 0 Å². The van der Waals surface area contributed by atoms with Gasteiger partial charge in [0, 0.05) is 56.6 Å². The maximum Gasteiger partial charge on any atom is 0.254 e. The smallest absolute Gasteiger partial charge is 0.254 e. The van der Waals surface area contributed by atoms with Crippen molar-refractivity contribution in [1.82, 2.24) is 14.7 Å². The molecule has 0 aliphatic carbocycles. The number of hydrogen-bond acceptors (Lipinski definition) is 5. The molecule has 3 aliphatic rings. The summed E-state index contributed by atoms with van der Waals surface area (Å²) in [5.41, 5.74) is 1.95. The summed E-state index contributed by atoms with van der Waals surface area (Å²) in [5, 5.41) is 0. The fourth-order valence-corrected chi connectivity index (χ4v) is 4.49. The predicted molar refractivity (Wildman–Crippen MR) is 107 cm³/mol. The molecule has 0 bridgehead atoms. The maximum absolute atomic E-state index is 13.0. The summed E-state index contributed by atoms with van der Waals surface area (Å²) in [7, 11) is 2.21. The van der Waals surface area contributed by atoms with Gasteiger partial charge in [0.05, 0.1) is 13.2 Å². The number of benzene rings is 1. The summed E-state index contributed by atoms with van der Waals surface area (Å²) in [6, 6.07) is 8.81.